The minimum Gasteiger partial charge on any atom is -0.469 e. The van der Waals surface area contributed by atoms with Crippen LogP contribution in [0.1, 0.15) is 49.1 Å². The van der Waals surface area contributed by atoms with Gasteiger partial charge in [0.15, 0.2) is 0 Å². The van der Waals surface area contributed by atoms with Crippen LogP contribution in [0, 0.1) is 5.92 Å². The molecule has 2 heterocycles. The smallest absolute Gasteiger partial charge is 0.417 e. The molecular weight excluding hydrogens is 503 g/mol. The van der Waals surface area contributed by atoms with Crippen molar-refractivity contribution in [2.75, 3.05) is 7.11 Å². The highest BCUT2D eigenvalue weighted by Crippen LogP contribution is 2.39. The van der Waals surface area contributed by atoms with Crippen molar-refractivity contribution in [2.45, 2.75) is 44.2 Å². The lowest BCUT2D eigenvalue weighted by molar-refractivity contribution is -0.142. The predicted molar refractivity (Wildman–Crippen MR) is 136 cm³/mol. The fourth-order valence-electron chi connectivity index (χ4n) is 5.03. The first kappa shape index (κ1) is 25.3. The summed E-state index contributed by atoms with van der Waals surface area (Å²) in [6.45, 7) is 0. The largest absolute Gasteiger partial charge is 0.469 e. The SMILES string of the molecule is COC(=O)CC1CCC(c2ccc(-c3ccc(-c4nc5cc(Cl)c(C(F)(F)F)cc5[nH]4)cn3)cc2)CC1. The van der Waals surface area contributed by atoms with E-state index in [1.54, 1.807) is 6.20 Å². The number of benzene rings is 2. The zero-order chi connectivity index (χ0) is 26.2. The van der Waals surface area contributed by atoms with E-state index in [-0.39, 0.29) is 16.5 Å². The highest BCUT2D eigenvalue weighted by Gasteiger charge is 2.34. The van der Waals surface area contributed by atoms with Gasteiger partial charge in [-0.2, -0.15) is 13.2 Å². The third kappa shape index (κ3) is 5.49. The van der Waals surface area contributed by atoms with Crippen molar-refractivity contribution in [1.82, 2.24) is 15.0 Å². The summed E-state index contributed by atoms with van der Waals surface area (Å²) in [5, 5.41) is -0.385. The van der Waals surface area contributed by atoms with Gasteiger partial charge in [-0.1, -0.05) is 35.9 Å². The van der Waals surface area contributed by atoms with Crippen LogP contribution in [-0.4, -0.2) is 28.0 Å². The van der Waals surface area contributed by atoms with Crippen molar-refractivity contribution >= 4 is 28.6 Å². The summed E-state index contributed by atoms with van der Waals surface area (Å²) >= 11 is 5.82. The summed E-state index contributed by atoms with van der Waals surface area (Å²) < 4.78 is 44.3. The van der Waals surface area contributed by atoms with E-state index in [0.717, 1.165) is 43.0 Å². The Balaban J connectivity index is 1.27. The number of esters is 1. The quantitative estimate of drug-likeness (QED) is 0.269. The summed E-state index contributed by atoms with van der Waals surface area (Å²) in [6.07, 6.45) is 1.77. The molecule has 1 aliphatic carbocycles. The van der Waals surface area contributed by atoms with Crippen LogP contribution in [-0.2, 0) is 15.7 Å². The molecule has 0 radical (unpaired) electrons. The van der Waals surface area contributed by atoms with Gasteiger partial charge in [0.25, 0.3) is 0 Å². The van der Waals surface area contributed by atoms with Gasteiger partial charge in [-0.25, -0.2) is 4.98 Å². The van der Waals surface area contributed by atoms with Gasteiger partial charge in [0.2, 0.25) is 0 Å². The van der Waals surface area contributed by atoms with Crippen molar-refractivity contribution in [3.05, 3.63) is 70.9 Å². The Labute approximate surface area is 217 Å². The summed E-state index contributed by atoms with van der Waals surface area (Å²) in [7, 11) is 1.43. The maximum Gasteiger partial charge on any atom is 0.417 e. The molecule has 0 spiro atoms. The summed E-state index contributed by atoms with van der Waals surface area (Å²) in [5.74, 6) is 1.17. The lowest BCUT2D eigenvalue weighted by Crippen LogP contribution is -2.17. The topological polar surface area (TPSA) is 67.9 Å². The van der Waals surface area contributed by atoms with Crippen LogP contribution in [0.5, 0.6) is 0 Å². The highest BCUT2D eigenvalue weighted by atomic mass is 35.5. The van der Waals surface area contributed by atoms with Crippen LogP contribution in [0.2, 0.25) is 5.02 Å². The summed E-state index contributed by atoms with van der Waals surface area (Å²) in [6, 6.07) is 14.3. The second-order valence-corrected chi connectivity index (χ2v) is 9.89. The minimum absolute atomic E-state index is 0.133. The average Bonchev–Trinajstić information content (AvgIpc) is 3.31. The second-order valence-electron chi connectivity index (χ2n) is 9.48. The number of halogens is 4. The van der Waals surface area contributed by atoms with E-state index in [9.17, 15) is 18.0 Å². The molecular formula is C28H25ClF3N3O2. The number of ether oxygens (including phenoxy) is 1. The minimum atomic E-state index is -4.54. The number of pyridine rings is 1. The Morgan fingerprint density at radius 1 is 1.05 bits per heavy atom. The van der Waals surface area contributed by atoms with Crippen LogP contribution >= 0.6 is 11.6 Å². The van der Waals surface area contributed by atoms with Gasteiger partial charge in [-0.15, -0.1) is 0 Å². The normalized spacial score (nSPS) is 18.2. The average molecular weight is 528 g/mol. The Morgan fingerprint density at radius 2 is 1.76 bits per heavy atom. The first-order valence-electron chi connectivity index (χ1n) is 12.1. The van der Waals surface area contributed by atoms with Crippen molar-refractivity contribution in [1.29, 1.82) is 0 Å². The number of hydrogen-bond acceptors (Lipinski definition) is 4. The molecule has 0 atom stereocenters. The van der Waals surface area contributed by atoms with E-state index in [1.807, 2.05) is 12.1 Å². The zero-order valence-electron chi connectivity index (χ0n) is 20.1. The van der Waals surface area contributed by atoms with E-state index in [2.05, 4.69) is 39.2 Å². The molecule has 5 nitrogen and oxygen atoms in total. The Morgan fingerprint density at radius 3 is 2.38 bits per heavy atom. The van der Waals surface area contributed by atoms with Crippen molar-refractivity contribution < 1.29 is 22.7 Å². The number of carbonyl (C=O) groups is 1. The number of aromatic nitrogens is 3. The third-order valence-corrected chi connectivity index (χ3v) is 7.43. The molecule has 0 unspecified atom stereocenters. The van der Waals surface area contributed by atoms with Crippen LogP contribution in [0.15, 0.2) is 54.7 Å². The Kier molecular flexibility index (Phi) is 6.94. The number of fused-ring (bicyclic) bond motifs is 1. The molecule has 1 saturated carbocycles. The van der Waals surface area contributed by atoms with Gasteiger partial charge < -0.3 is 9.72 Å². The lowest BCUT2D eigenvalue weighted by atomic mass is 9.77. The van der Waals surface area contributed by atoms with E-state index < -0.39 is 11.7 Å². The highest BCUT2D eigenvalue weighted by molar-refractivity contribution is 6.32. The molecule has 37 heavy (non-hydrogen) atoms. The first-order valence-corrected chi connectivity index (χ1v) is 12.5. The van der Waals surface area contributed by atoms with Crippen LogP contribution < -0.4 is 0 Å². The maximum absolute atomic E-state index is 13.2. The van der Waals surface area contributed by atoms with Gasteiger partial charge in [0, 0.05) is 23.7 Å². The number of carbonyl (C=O) groups excluding carboxylic acids is 1. The van der Waals surface area contributed by atoms with Gasteiger partial charge in [0.1, 0.15) is 5.82 Å². The molecule has 1 aliphatic rings. The van der Waals surface area contributed by atoms with Crippen molar-refractivity contribution in [3.8, 4) is 22.6 Å². The molecule has 0 aliphatic heterocycles. The first-order chi connectivity index (χ1) is 17.7. The molecule has 0 bridgehead atoms. The molecule has 2 aromatic carbocycles. The number of nitrogens with one attached hydrogen (secondary N) is 1. The molecule has 1 fully saturated rings. The molecule has 0 saturated heterocycles. The number of H-pyrrole nitrogens is 1. The molecule has 9 heteroatoms. The molecule has 192 valence electrons. The Hall–Kier alpha value is -3.39. The molecule has 4 aromatic rings. The number of hydrogen-bond donors (Lipinski definition) is 1. The van der Waals surface area contributed by atoms with E-state index >= 15 is 0 Å². The van der Waals surface area contributed by atoms with E-state index in [0.29, 0.717) is 35.2 Å². The van der Waals surface area contributed by atoms with Crippen LogP contribution in [0.25, 0.3) is 33.7 Å². The predicted octanol–water partition coefficient (Wildman–Crippen LogP) is 7.80. The standard InChI is InChI=1S/C28H25ClF3N3O2/c1-37-26(36)12-16-2-4-17(5-3-16)18-6-8-19(9-7-18)23-11-10-20(15-33-23)27-34-24-13-21(28(30,31)32)22(29)14-25(24)35-27/h6-11,13-17H,2-5,12H2,1H3,(H,34,35). The van der Waals surface area contributed by atoms with Crippen LogP contribution in [0.3, 0.4) is 0 Å². The van der Waals surface area contributed by atoms with Gasteiger partial charge in [0.05, 0.1) is 34.4 Å². The third-order valence-electron chi connectivity index (χ3n) is 7.12. The maximum atomic E-state index is 13.2. The van der Waals surface area contributed by atoms with Crippen LogP contribution in [0.4, 0.5) is 13.2 Å². The molecule has 0 amide bonds. The molecule has 1 N–H and O–H groups in total. The number of rotatable bonds is 5. The number of imidazole rings is 1. The number of methoxy groups -OCH3 is 1. The fraction of sp³-hybridized carbons (Fsp3) is 0.321. The van der Waals surface area contributed by atoms with Gasteiger partial charge in [-0.3, -0.25) is 9.78 Å². The van der Waals surface area contributed by atoms with E-state index in [4.69, 9.17) is 16.3 Å². The molecule has 5 rings (SSSR count). The van der Waals surface area contributed by atoms with Gasteiger partial charge >= 0.3 is 12.1 Å². The summed E-state index contributed by atoms with van der Waals surface area (Å²) in [5.41, 5.74) is 3.42. The van der Waals surface area contributed by atoms with E-state index in [1.165, 1.54) is 18.7 Å². The number of aromatic amines is 1. The van der Waals surface area contributed by atoms with Crippen molar-refractivity contribution in [3.63, 3.8) is 0 Å². The molecule has 2 aromatic heterocycles. The monoisotopic (exact) mass is 527 g/mol. The second kappa shape index (κ2) is 10.2. The summed E-state index contributed by atoms with van der Waals surface area (Å²) in [4.78, 5) is 23.4. The van der Waals surface area contributed by atoms with Gasteiger partial charge in [-0.05, 0) is 67.3 Å². The Bertz CT molecular complexity index is 1410. The lowest BCUT2D eigenvalue weighted by Gasteiger charge is -2.28. The van der Waals surface area contributed by atoms with Crippen molar-refractivity contribution in [2.24, 2.45) is 5.92 Å². The fourth-order valence-corrected chi connectivity index (χ4v) is 5.30. The zero-order valence-corrected chi connectivity index (χ0v) is 20.9. The number of alkyl halides is 3. The number of nitrogens with zero attached hydrogens (tertiary/aromatic N) is 2.